The van der Waals surface area contributed by atoms with Crippen LogP contribution in [-0.4, -0.2) is 15.7 Å². The average molecular weight is 181 g/mol. The molecule has 1 amide bonds. The highest BCUT2D eigenvalue weighted by molar-refractivity contribution is 5.73. The maximum Gasteiger partial charge on any atom is 0.217 e. The number of carbonyl (C=O) groups is 1. The van der Waals surface area contributed by atoms with E-state index in [1.165, 1.54) is 6.92 Å². The molecular weight excluding hydrogens is 166 g/mol. The lowest BCUT2D eigenvalue weighted by Crippen LogP contribution is -2.39. The summed E-state index contributed by atoms with van der Waals surface area (Å²) in [5.41, 5.74) is 0.658. The Morgan fingerprint density at radius 3 is 2.62 bits per heavy atom. The van der Waals surface area contributed by atoms with Crippen LogP contribution in [0, 0.1) is 0 Å². The van der Waals surface area contributed by atoms with Gasteiger partial charge in [-0.25, -0.2) is 0 Å². The summed E-state index contributed by atoms with van der Waals surface area (Å²) in [5, 5.41) is 6.91. The number of carbonyl (C=O) groups excluding carboxylic acids is 1. The second-order valence-corrected chi connectivity index (χ2v) is 3.71. The highest BCUT2D eigenvalue weighted by atomic mass is 16.1. The third kappa shape index (κ3) is 2.31. The maximum atomic E-state index is 10.9. The molecular formula is C9H15N3O. The van der Waals surface area contributed by atoms with Gasteiger partial charge in [0.05, 0.1) is 11.7 Å². The molecule has 0 aromatic carbocycles. The van der Waals surface area contributed by atoms with Gasteiger partial charge in [-0.05, 0) is 13.8 Å². The van der Waals surface area contributed by atoms with Gasteiger partial charge < -0.3 is 5.32 Å². The molecule has 0 saturated heterocycles. The maximum absolute atomic E-state index is 10.9. The van der Waals surface area contributed by atoms with Crippen molar-refractivity contribution in [1.29, 1.82) is 0 Å². The predicted molar refractivity (Wildman–Crippen MR) is 50.1 cm³/mol. The zero-order chi connectivity index (χ0) is 10.1. The first-order valence-electron chi connectivity index (χ1n) is 4.20. The smallest absolute Gasteiger partial charge is 0.217 e. The van der Waals surface area contributed by atoms with Gasteiger partial charge in [0.25, 0.3) is 0 Å². The van der Waals surface area contributed by atoms with Crippen LogP contribution in [0.4, 0.5) is 0 Å². The molecule has 0 atom stereocenters. The minimum absolute atomic E-state index is 0.0335. The molecule has 1 heterocycles. The Bertz CT molecular complexity index is 314. The molecule has 0 aliphatic heterocycles. The van der Waals surface area contributed by atoms with Gasteiger partial charge in [-0.1, -0.05) is 0 Å². The van der Waals surface area contributed by atoms with Crippen LogP contribution in [0.2, 0.25) is 0 Å². The van der Waals surface area contributed by atoms with Crippen LogP contribution in [0.3, 0.4) is 0 Å². The van der Waals surface area contributed by atoms with E-state index in [1.807, 2.05) is 27.1 Å². The van der Waals surface area contributed by atoms with Gasteiger partial charge in [-0.2, -0.15) is 5.10 Å². The third-order valence-electron chi connectivity index (χ3n) is 1.92. The first-order valence-corrected chi connectivity index (χ1v) is 4.20. The van der Waals surface area contributed by atoms with Gasteiger partial charge in [-0.3, -0.25) is 9.48 Å². The minimum atomic E-state index is -0.347. The molecule has 4 nitrogen and oxygen atoms in total. The van der Waals surface area contributed by atoms with Crippen LogP contribution in [0.15, 0.2) is 12.4 Å². The molecule has 13 heavy (non-hydrogen) atoms. The standard InChI is InChI=1S/C9H15N3O/c1-7(13)11-9(2,3)8-5-10-12(4)6-8/h5-6H,1-4H3,(H,11,13). The molecule has 0 unspecified atom stereocenters. The number of aryl methyl sites for hydroxylation is 1. The van der Waals surface area contributed by atoms with Crippen molar-refractivity contribution >= 4 is 5.91 Å². The summed E-state index contributed by atoms with van der Waals surface area (Å²) in [6.07, 6.45) is 3.66. The van der Waals surface area contributed by atoms with E-state index in [4.69, 9.17) is 0 Å². The Morgan fingerprint density at radius 2 is 2.23 bits per heavy atom. The molecule has 0 bridgehead atoms. The third-order valence-corrected chi connectivity index (χ3v) is 1.92. The van der Waals surface area contributed by atoms with Crippen LogP contribution >= 0.6 is 0 Å². The Morgan fingerprint density at radius 1 is 1.62 bits per heavy atom. The molecule has 0 radical (unpaired) electrons. The Hall–Kier alpha value is -1.32. The molecule has 4 heteroatoms. The normalized spacial score (nSPS) is 11.4. The average Bonchev–Trinajstić information content (AvgIpc) is 2.32. The Kier molecular flexibility index (Phi) is 2.40. The summed E-state index contributed by atoms with van der Waals surface area (Å²) in [6, 6.07) is 0. The van der Waals surface area contributed by atoms with Crippen LogP contribution < -0.4 is 5.32 Å². The van der Waals surface area contributed by atoms with Gasteiger partial charge in [0.15, 0.2) is 0 Å². The number of amides is 1. The van der Waals surface area contributed by atoms with Crippen molar-refractivity contribution in [2.45, 2.75) is 26.3 Å². The monoisotopic (exact) mass is 181 g/mol. The van der Waals surface area contributed by atoms with E-state index < -0.39 is 0 Å². The van der Waals surface area contributed by atoms with Gasteiger partial charge in [0.1, 0.15) is 0 Å². The second kappa shape index (κ2) is 3.20. The summed E-state index contributed by atoms with van der Waals surface area (Å²) < 4.78 is 1.72. The number of aromatic nitrogens is 2. The number of hydrogen-bond donors (Lipinski definition) is 1. The minimum Gasteiger partial charge on any atom is -0.347 e. The van der Waals surface area contributed by atoms with E-state index in [0.29, 0.717) is 0 Å². The van der Waals surface area contributed by atoms with Gasteiger partial charge in [0, 0.05) is 25.7 Å². The molecule has 1 aromatic heterocycles. The predicted octanol–water partition coefficient (Wildman–Crippen LogP) is 0.791. The van der Waals surface area contributed by atoms with E-state index in [0.717, 1.165) is 5.56 Å². The fourth-order valence-corrected chi connectivity index (χ4v) is 1.26. The van der Waals surface area contributed by atoms with Crippen molar-refractivity contribution < 1.29 is 4.79 Å². The summed E-state index contributed by atoms with van der Waals surface area (Å²) >= 11 is 0. The molecule has 0 saturated carbocycles. The highest BCUT2D eigenvalue weighted by Gasteiger charge is 2.22. The molecule has 72 valence electrons. The second-order valence-electron chi connectivity index (χ2n) is 3.71. The quantitative estimate of drug-likeness (QED) is 0.733. The molecule has 0 aliphatic carbocycles. The SMILES string of the molecule is CC(=O)NC(C)(C)c1cnn(C)c1. The van der Waals surface area contributed by atoms with Gasteiger partial charge >= 0.3 is 0 Å². The highest BCUT2D eigenvalue weighted by Crippen LogP contribution is 2.18. The first kappa shape index (κ1) is 9.77. The van der Waals surface area contributed by atoms with Crippen molar-refractivity contribution in [3.8, 4) is 0 Å². The van der Waals surface area contributed by atoms with Crippen LogP contribution in [0.5, 0.6) is 0 Å². The van der Waals surface area contributed by atoms with E-state index >= 15 is 0 Å². The van der Waals surface area contributed by atoms with E-state index in [2.05, 4.69) is 10.4 Å². The zero-order valence-corrected chi connectivity index (χ0v) is 8.46. The molecule has 1 N–H and O–H groups in total. The Balaban J connectivity index is 2.86. The fraction of sp³-hybridized carbons (Fsp3) is 0.556. The summed E-state index contributed by atoms with van der Waals surface area (Å²) in [6.45, 7) is 5.41. The van der Waals surface area contributed by atoms with E-state index in [-0.39, 0.29) is 11.4 Å². The summed E-state index contributed by atoms with van der Waals surface area (Å²) in [7, 11) is 1.85. The first-order chi connectivity index (χ1) is 5.92. The zero-order valence-electron chi connectivity index (χ0n) is 8.46. The fourth-order valence-electron chi connectivity index (χ4n) is 1.26. The van der Waals surface area contributed by atoms with E-state index in [9.17, 15) is 4.79 Å². The summed E-state index contributed by atoms with van der Waals surface area (Å²) in [5.74, 6) is -0.0335. The van der Waals surface area contributed by atoms with Crippen molar-refractivity contribution in [1.82, 2.24) is 15.1 Å². The van der Waals surface area contributed by atoms with Gasteiger partial charge in [-0.15, -0.1) is 0 Å². The lowest BCUT2D eigenvalue weighted by atomic mass is 9.98. The van der Waals surface area contributed by atoms with Crippen LogP contribution in [0.25, 0.3) is 0 Å². The topological polar surface area (TPSA) is 46.9 Å². The number of nitrogens with one attached hydrogen (secondary N) is 1. The lowest BCUT2D eigenvalue weighted by molar-refractivity contribution is -0.120. The van der Waals surface area contributed by atoms with Crippen molar-refractivity contribution in [2.75, 3.05) is 0 Å². The van der Waals surface area contributed by atoms with Crippen molar-refractivity contribution in [3.05, 3.63) is 18.0 Å². The number of rotatable bonds is 2. The molecule has 0 aliphatic rings. The van der Waals surface area contributed by atoms with Crippen molar-refractivity contribution in [2.24, 2.45) is 7.05 Å². The molecule has 1 aromatic rings. The number of nitrogens with zero attached hydrogens (tertiary/aromatic N) is 2. The number of hydrogen-bond acceptors (Lipinski definition) is 2. The molecule has 0 spiro atoms. The Labute approximate surface area is 77.9 Å². The summed E-state index contributed by atoms with van der Waals surface area (Å²) in [4.78, 5) is 10.9. The molecule has 1 rings (SSSR count). The van der Waals surface area contributed by atoms with E-state index in [1.54, 1.807) is 10.9 Å². The van der Waals surface area contributed by atoms with Crippen molar-refractivity contribution in [3.63, 3.8) is 0 Å². The van der Waals surface area contributed by atoms with Crippen LogP contribution in [-0.2, 0) is 17.4 Å². The van der Waals surface area contributed by atoms with Crippen LogP contribution in [0.1, 0.15) is 26.3 Å². The molecule has 0 fully saturated rings. The largest absolute Gasteiger partial charge is 0.347 e. The lowest BCUT2D eigenvalue weighted by Gasteiger charge is -2.23. The van der Waals surface area contributed by atoms with Gasteiger partial charge in [0.2, 0.25) is 5.91 Å².